The predicted octanol–water partition coefficient (Wildman–Crippen LogP) is 2.30. The van der Waals surface area contributed by atoms with Gasteiger partial charge in [-0.15, -0.1) is 0 Å². The van der Waals surface area contributed by atoms with Gasteiger partial charge < -0.3 is 9.64 Å². The fourth-order valence-electron chi connectivity index (χ4n) is 2.28. The largest absolute Gasteiger partial charge is 0.372 e. The third-order valence-electron chi connectivity index (χ3n) is 3.17. The SMILES string of the molecule is CC1(C)CN(c2ccccc2S(=O)(=O)C(F)F)CCO1. The van der Waals surface area contributed by atoms with E-state index in [4.69, 9.17) is 4.74 Å². The lowest BCUT2D eigenvalue weighted by Crippen LogP contribution is -2.48. The summed E-state index contributed by atoms with van der Waals surface area (Å²) in [5, 5.41) is 0. The van der Waals surface area contributed by atoms with Crippen LogP contribution in [0.1, 0.15) is 13.8 Å². The molecule has 0 aliphatic carbocycles. The Balaban J connectivity index is 2.43. The van der Waals surface area contributed by atoms with Crippen LogP contribution in [0, 0.1) is 0 Å². The molecule has 0 N–H and O–H groups in total. The fraction of sp³-hybridized carbons (Fsp3) is 0.538. The van der Waals surface area contributed by atoms with Crippen molar-refractivity contribution in [3.63, 3.8) is 0 Å². The van der Waals surface area contributed by atoms with Crippen LogP contribution in [0.25, 0.3) is 0 Å². The second kappa shape index (κ2) is 5.29. The average Bonchev–Trinajstić information content (AvgIpc) is 2.37. The van der Waals surface area contributed by atoms with Gasteiger partial charge in [-0.1, -0.05) is 12.1 Å². The maximum Gasteiger partial charge on any atom is 0.341 e. The highest BCUT2D eigenvalue weighted by molar-refractivity contribution is 7.91. The zero-order chi connectivity index (χ0) is 15.0. The van der Waals surface area contributed by atoms with E-state index in [0.29, 0.717) is 25.4 Å². The smallest absolute Gasteiger partial charge is 0.341 e. The second-order valence-corrected chi connectivity index (χ2v) is 7.19. The first-order chi connectivity index (χ1) is 9.24. The normalized spacial score (nSPS) is 19.4. The molecule has 1 aliphatic heterocycles. The summed E-state index contributed by atoms with van der Waals surface area (Å²) in [6.07, 6.45) is 0. The molecule has 4 nitrogen and oxygen atoms in total. The van der Waals surface area contributed by atoms with Crippen LogP contribution in [0.3, 0.4) is 0 Å². The minimum atomic E-state index is -4.61. The van der Waals surface area contributed by atoms with Crippen LogP contribution in [0.5, 0.6) is 0 Å². The highest BCUT2D eigenvalue weighted by Gasteiger charge is 2.33. The van der Waals surface area contributed by atoms with E-state index in [-0.39, 0.29) is 4.90 Å². The van der Waals surface area contributed by atoms with Gasteiger partial charge in [0, 0.05) is 13.1 Å². The molecule has 2 rings (SSSR count). The summed E-state index contributed by atoms with van der Waals surface area (Å²) in [5.74, 6) is -3.42. The minimum Gasteiger partial charge on any atom is -0.372 e. The quantitative estimate of drug-likeness (QED) is 0.859. The van der Waals surface area contributed by atoms with E-state index in [9.17, 15) is 17.2 Å². The fourth-order valence-corrected chi connectivity index (χ4v) is 3.23. The number of hydrogen-bond donors (Lipinski definition) is 0. The Morgan fingerprint density at radius 1 is 1.30 bits per heavy atom. The molecule has 0 unspecified atom stereocenters. The third kappa shape index (κ3) is 2.93. The molecule has 0 amide bonds. The standard InChI is InChI=1S/C13H17F2NO3S/c1-13(2)9-16(7-8-19-13)10-5-3-4-6-11(10)20(17,18)12(14)15/h3-6,12H,7-9H2,1-2H3. The molecule has 1 aromatic rings. The van der Waals surface area contributed by atoms with Crippen molar-refractivity contribution in [3.8, 4) is 0 Å². The van der Waals surface area contributed by atoms with E-state index in [0.717, 1.165) is 0 Å². The lowest BCUT2D eigenvalue weighted by molar-refractivity contribution is -0.0278. The van der Waals surface area contributed by atoms with Gasteiger partial charge in [0.2, 0.25) is 9.84 Å². The van der Waals surface area contributed by atoms with Gasteiger partial charge >= 0.3 is 5.76 Å². The molecule has 0 bridgehead atoms. The number of morpholine rings is 1. The topological polar surface area (TPSA) is 46.6 Å². The number of hydrogen-bond acceptors (Lipinski definition) is 4. The monoisotopic (exact) mass is 305 g/mol. The van der Waals surface area contributed by atoms with Crippen molar-refractivity contribution in [2.45, 2.75) is 30.1 Å². The molecule has 1 aromatic carbocycles. The van der Waals surface area contributed by atoms with Crippen molar-refractivity contribution in [2.75, 3.05) is 24.6 Å². The number of alkyl halides is 2. The second-order valence-electron chi connectivity index (χ2n) is 5.30. The van der Waals surface area contributed by atoms with Crippen molar-refractivity contribution in [1.82, 2.24) is 0 Å². The zero-order valence-corrected chi connectivity index (χ0v) is 12.2. The summed E-state index contributed by atoms with van der Waals surface area (Å²) < 4.78 is 54.6. The van der Waals surface area contributed by atoms with Gasteiger partial charge in [0.15, 0.2) is 0 Å². The van der Waals surface area contributed by atoms with Crippen LogP contribution in [0.15, 0.2) is 29.2 Å². The van der Waals surface area contributed by atoms with Crippen molar-refractivity contribution in [2.24, 2.45) is 0 Å². The van der Waals surface area contributed by atoms with Crippen LogP contribution in [-0.4, -0.2) is 39.5 Å². The molecular weight excluding hydrogens is 288 g/mol. The van der Waals surface area contributed by atoms with Crippen molar-refractivity contribution < 1.29 is 21.9 Å². The number of para-hydroxylation sites is 1. The summed E-state index contributed by atoms with van der Waals surface area (Å²) in [4.78, 5) is 1.45. The molecule has 1 aliphatic rings. The van der Waals surface area contributed by atoms with E-state index >= 15 is 0 Å². The van der Waals surface area contributed by atoms with Gasteiger partial charge in [-0.05, 0) is 26.0 Å². The number of ether oxygens (including phenoxy) is 1. The highest BCUT2D eigenvalue weighted by atomic mass is 32.2. The van der Waals surface area contributed by atoms with E-state index in [1.54, 1.807) is 17.0 Å². The predicted molar refractivity (Wildman–Crippen MR) is 71.9 cm³/mol. The number of anilines is 1. The van der Waals surface area contributed by atoms with Gasteiger partial charge in [-0.2, -0.15) is 8.78 Å². The lowest BCUT2D eigenvalue weighted by atomic mass is 10.1. The summed E-state index contributed by atoms with van der Waals surface area (Å²) in [6, 6.07) is 5.86. The number of halogens is 2. The summed E-state index contributed by atoms with van der Waals surface area (Å²) in [7, 11) is -4.61. The molecule has 0 atom stereocenters. The molecule has 1 saturated heterocycles. The van der Waals surface area contributed by atoms with E-state index in [1.807, 2.05) is 13.8 Å². The molecule has 1 heterocycles. The Labute approximate surface area is 117 Å². The van der Waals surface area contributed by atoms with Gasteiger partial charge in [0.1, 0.15) is 0 Å². The molecule has 20 heavy (non-hydrogen) atoms. The number of nitrogens with zero attached hydrogens (tertiary/aromatic N) is 1. The molecule has 7 heteroatoms. The summed E-state index contributed by atoms with van der Waals surface area (Å²) in [5.41, 5.74) is -0.135. The van der Waals surface area contributed by atoms with Crippen molar-refractivity contribution in [3.05, 3.63) is 24.3 Å². The van der Waals surface area contributed by atoms with Crippen LogP contribution >= 0.6 is 0 Å². The van der Waals surface area contributed by atoms with Gasteiger partial charge in [-0.25, -0.2) is 8.42 Å². The third-order valence-corrected chi connectivity index (χ3v) is 4.60. The lowest BCUT2D eigenvalue weighted by Gasteiger charge is -2.40. The molecule has 0 aromatic heterocycles. The van der Waals surface area contributed by atoms with Crippen LogP contribution < -0.4 is 4.90 Å². The molecule has 1 fully saturated rings. The first-order valence-electron chi connectivity index (χ1n) is 6.24. The average molecular weight is 305 g/mol. The van der Waals surface area contributed by atoms with Gasteiger partial charge in [0.05, 0.1) is 22.8 Å². The molecule has 0 spiro atoms. The molecular formula is C13H17F2NO3S. The van der Waals surface area contributed by atoms with Gasteiger partial charge in [0.25, 0.3) is 0 Å². The van der Waals surface area contributed by atoms with Crippen molar-refractivity contribution >= 4 is 15.5 Å². The van der Waals surface area contributed by atoms with E-state index in [1.165, 1.54) is 12.1 Å². The van der Waals surface area contributed by atoms with Crippen LogP contribution in [0.4, 0.5) is 14.5 Å². The zero-order valence-electron chi connectivity index (χ0n) is 11.3. The van der Waals surface area contributed by atoms with Gasteiger partial charge in [-0.3, -0.25) is 0 Å². The highest BCUT2D eigenvalue weighted by Crippen LogP contribution is 2.31. The maximum atomic E-state index is 12.8. The molecule has 0 saturated carbocycles. The first-order valence-corrected chi connectivity index (χ1v) is 7.79. The van der Waals surface area contributed by atoms with E-state index in [2.05, 4.69) is 0 Å². The minimum absolute atomic E-state index is 0.309. The Hall–Kier alpha value is -1.21. The van der Waals surface area contributed by atoms with Crippen LogP contribution in [0.2, 0.25) is 0 Å². The van der Waals surface area contributed by atoms with Crippen molar-refractivity contribution in [1.29, 1.82) is 0 Å². The van der Waals surface area contributed by atoms with E-state index < -0.39 is 21.2 Å². The Morgan fingerprint density at radius 2 is 1.95 bits per heavy atom. The maximum absolute atomic E-state index is 12.8. The molecule has 0 radical (unpaired) electrons. The Kier molecular flexibility index (Phi) is 4.02. The number of rotatable bonds is 3. The molecule has 112 valence electrons. The summed E-state index contributed by atoms with van der Waals surface area (Å²) in [6.45, 7) is 5.10. The number of benzene rings is 1. The Morgan fingerprint density at radius 3 is 2.55 bits per heavy atom. The summed E-state index contributed by atoms with van der Waals surface area (Å²) >= 11 is 0. The Bertz CT molecular complexity index is 587. The first kappa shape index (κ1) is 15.2. The number of sulfone groups is 1. The van der Waals surface area contributed by atoms with Crippen LogP contribution in [-0.2, 0) is 14.6 Å².